The Morgan fingerprint density at radius 2 is 1.21 bits per heavy atom. The van der Waals surface area contributed by atoms with E-state index < -0.39 is 0 Å². The molecule has 1 unspecified atom stereocenters. The van der Waals surface area contributed by atoms with Gasteiger partial charge in [0.1, 0.15) is 17.6 Å². The highest BCUT2D eigenvalue weighted by atomic mass is 16.1. The zero-order valence-corrected chi connectivity index (χ0v) is 24.8. The molecule has 0 aliphatic heterocycles. The normalized spacial score (nSPS) is 12.4. The number of carbonyl (C=O) groups excluding carboxylic acids is 1. The van der Waals surface area contributed by atoms with Crippen molar-refractivity contribution in [1.29, 1.82) is 0 Å². The lowest BCUT2D eigenvalue weighted by Crippen LogP contribution is -2.14. The Bertz CT molecular complexity index is 865. The largest absolute Gasteiger partial charge is 0.382 e. The Hall–Kier alpha value is -1.98. The first-order chi connectivity index (χ1) is 18.7. The number of anilines is 1. The zero-order chi connectivity index (χ0) is 27.3. The van der Waals surface area contributed by atoms with Gasteiger partial charge in [0.2, 0.25) is 0 Å². The molecule has 6 nitrogen and oxygen atoms in total. The summed E-state index contributed by atoms with van der Waals surface area (Å²) < 4.78 is 2.07. The fourth-order valence-electron chi connectivity index (χ4n) is 5.52. The molecule has 2 aromatic rings. The molecule has 0 saturated heterocycles. The maximum Gasteiger partial charge on any atom is 0.165 e. The van der Waals surface area contributed by atoms with Gasteiger partial charge in [-0.25, -0.2) is 15.0 Å². The van der Waals surface area contributed by atoms with Gasteiger partial charge in [-0.05, 0) is 12.8 Å². The van der Waals surface area contributed by atoms with E-state index in [0.717, 1.165) is 24.9 Å². The van der Waals surface area contributed by atoms with Gasteiger partial charge in [0.05, 0.1) is 6.33 Å². The average Bonchev–Trinajstić information content (AvgIpc) is 3.35. The van der Waals surface area contributed by atoms with E-state index in [1.165, 1.54) is 122 Å². The minimum atomic E-state index is 0.0969. The number of nitrogens with zero attached hydrogens (tertiary/aromatic N) is 4. The fraction of sp³-hybridized carbons (Fsp3) is 0.812. The highest BCUT2D eigenvalue weighted by Crippen LogP contribution is 2.27. The van der Waals surface area contributed by atoms with E-state index in [2.05, 4.69) is 33.4 Å². The van der Waals surface area contributed by atoms with Crippen LogP contribution >= 0.6 is 0 Å². The van der Waals surface area contributed by atoms with Gasteiger partial charge in [-0.1, -0.05) is 136 Å². The number of imidazole rings is 1. The number of hydrogen-bond acceptors (Lipinski definition) is 5. The van der Waals surface area contributed by atoms with E-state index in [0.29, 0.717) is 30.0 Å². The van der Waals surface area contributed by atoms with Gasteiger partial charge < -0.3 is 10.3 Å². The van der Waals surface area contributed by atoms with E-state index in [1.54, 1.807) is 6.33 Å². The van der Waals surface area contributed by atoms with Crippen molar-refractivity contribution in [2.75, 3.05) is 5.73 Å². The highest BCUT2D eigenvalue weighted by Gasteiger charge is 2.19. The van der Waals surface area contributed by atoms with Gasteiger partial charge in [-0.3, -0.25) is 4.79 Å². The first-order valence-corrected chi connectivity index (χ1v) is 16.1. The van der Waals surface area contributed by atoms with E-state index >= 15 is 0 Å². The standard InChI is InChI=1S/C32H57N5O/c1-3-5-7-9-11-12-13-14-15-16-17-18-20-22-24-29(38)25-28(23-21-19-10-8-6-4-2)37-27-36-30-31(33)34-26-35-32(30)37/h26-28H,3-25H2,1-2H3,(H2,33,34,35). The smallest absolute Gasteiger partial charge is 0.165 e. The van der Waals surface area contributed by atoms with Crippen LogP contribution in [0.2, 0.25) is 0 Å². The number of ketones is 1. The molecular weight excluding hydrogens is 470 g/mol. The molecule has 0 saturated carbocycles. The molecule has 0 aliphatic rings. The Labute approximate surface area is 233 Å². The van der Waals surface area contributed by atoms with Crippen LogP contribution in [-0.4, -0.2) is 25.3 Å². The lowest BCUT2D eigenvalue weighted by Gasteiger charge is -2.18. The van der Waals surface area contributed by atoms with E-state index in [9.17, 15) is 4.79 Å². The fourth-order valence-corrected chi connectivity index (χ4v) is 5.52. The number of fused-ring (bicyclic) bond motifs is 1. The average molecular weight is 528 g/mol. The number of carbonyl (C=O) groups is 1. The van der Waals surface area contributed by atoms with Gasteiger partial charge in [-0.15, -0.1) is 0 Å². The summed E-state index contributed by atoms with van der Waals surface area (Å²) in [5.41, 5.74) is 7.40. The molecule has 216 valence electrons. The molecule has 0 aromatic carbocycles. The summed E-state index contributed by atoms with van der Waals surface area (Å²) in [6.45, 7) is 4.53. The SMILES string of the molecule is CCCCCCCCCCCCCCCCC(=O)CC(CCCCCCCC)n1cnc2c(N)ncnc21. The van der Waals surface area contributed by atoms with Crippen LogP contribution in [0.4, 0.5) is 5.82 Å². The van der Waals surface area contributed by atoms with Crippen LogP contribution in [0.25, 0.3) is 11.2 Å². The lowest BCUT2D eigenvalue weighted by molar-refractivity contribution is -0.120. The van der Waals surface area contributed by atoms with Gasteiger partial charge in [-0.2, -0.15) is 0 Å². The Morgan fingerprint density at radius 1 is 0.711 bits per heavy atom. The van der Waals surface area contributed by atoms with Crippen LogP contribution in [-0.2, 0) is 4.79 Å². The summed E-state index contributed by atoms with van der Waals surface area (Å²) >= 11 is 0. The van der Waals surface area contributed by atoms with Crippen molar-refractivity contribution in [2.45, 2.75) is 168 Å². The third-order valence-corrected chi connectivity index (χ3v) is 7.94. The molecule has 2 rings (SSSR count). The monoisotopic (exact) mass is 527 g/mol. The highest BCUT2D eigenvalue weighted by molar-refractivity contribution is 5.82. The van der Waals surface area contributed by atoms with E-state index in [4.69, 9.17) is 5.73 Å². The summed E-state index contributed by atoms with van der Waals surface area (Å²) in [5.74, 6) is 0.768. The van der Waals surface area contributed by atoms with Crippen LogP contribution in [0.1, 0.15) is 168 Å². The second-order valence-electron chi connectivity index (χ2n) is 11.4. The zero-order valence-electron chi connectivity index (χ0n) is 24.8. The molecule has 2 N–H and O–H groups in total. The molecule has 1 atom stereocenters. The number of unbranched alkanes of at least 4 members (excludes halogenated alkanes) is 18. The molecule has 0 fully saturated rings. The molecule has 6 heteroatoms. The van der Waals surface area contributed by atoms with Gasteiger partial charge in [0.15, 0.2) is 11.5 Å². The lowest BCUT2D eigenvalue weighted by atomic mass is 9.98. The summed E-state index contributed by atoms with van der Waals surface area (Å²) in [4.78, 5) is 25.9. The number of nitrogens with two attached hydrogens (primary N) is 1. The van der Waals surface area contributed by atoms with Crippen molar-refractivity contribution in [3.8, 4) is 0 Å². The predicted octanol–water partition coefficient (Wildman–Crippen LogP) is 9.53. The van der Waals surface area contributed by atoms with Crippen molar-refractivity contribution in [1.82, 2.24) is 19.5 Å². The van der Waals surface area contributed by atoms with Crippen LogP contribution in [0.3, 0.4) is 0 Å². The van der Waals surface area contributed by atoms with E-state index in [-0.39, 0.29) is 6.04 Å². The Balaban J connectivity index is 1.65. The van der Waals surface area contributed by atoms with Crippen LogP contribution in [0.5, 0.6) is 0 Å². The van der Waals surface area contributed by atoms with Crippen molar-refractivity contribution in [3.05, 3.63) is 12.7 Å². The Morgan fingerprint density at radius 3 is 1.76 bits per heavy atom. The van der Waals surface area contributed by atoms with Gasteiger partial charge in [0.25, 0.3) is 0 Å². The second kappa shape index (κ2) is 20.9. The molecule has 2 heterocycles. The minimum absolute atomic E-state index is 0.0969. The molecule has 38 heavy (non-hydrogen) atoms. The quantitative estimate of drug-likeness (QED) is 0.130. The van der Waals surface area contributed by atoms with Crippen LogP contribution in [0.15, 0.2) is 12.7 Å². The number of nitrogen functional groups attached to an aromatic ring is 1. The summed E-state index contributed by atoms with van der Waals surface area (Å²) in [6, 6.07) is 0.0969. The van der Waals surface area contributed by atoms with Crippen molar-refractivity contribution in [3.63, 3.8) is 0 Å². The minimum Gasteiger partial charge on any atom is -0.382 e. The number of rotatable bonds is 25. The molecule has 0 amide bonds. The predicted molar refractivity (Wildman–Crippen MR) is 161 cm³/mol. The first-order valence-electron chi connectivity index (χ1n) is 16.1. The summed E-state index contributed by atoms with van der Waals surface area (Å²) in [6.07, 6.45) is 31.7. The molecule has 0 spiro atoms. The van der Waals surface area contributed by atoms with Crippen molar-refractivity contribution >= 4 is 22.8 Å². The second-order valence-corrected chi connectivity index (χ2v) is 11.4. The van der Waals surface area contributed by atoms with E-state index in [1.807, 2.05) is 0 Å². The molecule has 0 aliphatic carbocycles. The van der Waals surface area contributed by atoms with Gasteiger partial charge in [0, 0.05) is 18.9 Å². The summed E-state index contributed by atoms with van der Waals surface area (Å²) in [5, 5.41) is 0. The topological polar surface area (TPSA) is 86.7 Å². The number of Topliss-reactive ketones (excluding diaryl/α,β-unsaturated/α-hetero) is 1. The molecule has 0 radical (unpaired) electrons. The number of hydrogen-bond donors (Lipinski definition) is 1. The molecule has 2 aromatic heterocycles. The first kappa shape index (κ1) is 32.2. The third-order valence-electron chi connectivity index (χ3n) is 7.94. The molecular formula is C32H57N5O. The van der Waals surface area contributed by atoms with Crippen LogP contribution in [0, 0.1) is 0 Å². The maximum atomic E-state index is 13.0. The molecule has 0 bridgehead atoms. The Kier molecular flexibility index (Phi) is 17.7. The third kappa shape index (κ3) is 13.2. The maximum absolute atomic E-state index is 13.0. The van der Waals surface area contributed by atoms with Crippen molar-refractivity contribution < 1.29 is 4.79 Å². The summed E-state index contributed by atoms with van der Waals surface area (Å²) in [7, 11) is 0. The number of aromatic nitrogens is 4. The van der Waals surface area contributed by atoms with Crippen molar-refractivity contribution in [2.24, 2.45) is 0 Å². The van der Waals surface area contributed by atoms with Gasteiger partial charge >= 0.3 is 0 Å². The van der Waals surface area contributed by atoms with Crippen LogP contribution < -0.4 is 5.73 Å².